The number of thioether (sulfide) groups is 1. The maximum Gasteiger partial charge on any atom is 0.481 e. The van der Waals surface area contributed by atoms with Crippen molar-refractivity contribution in [3.05, 3.63) is 12.7 Å². The third-order valence-electron chi connectivity index (χ3n) is 7.79. The number of carbonyl (C=O) groups is 3. The zero-order valence-electron chi connectivity index (χ0n) is 30.2. The van der Waals surface area contributed by atoms with E-state index in [0.717, 1.165) is 35.4 Å². The summed E-state index contributed by atoms with van der Waals surface area (Å²) in [6.45, 7) is 2.26. The molecule has 29 heteroatoms. The highest BCUT2D eigenvalue weighted by Crippen LogP contribution is 2.61. The monoisotopic (exact) mass is 881 g/mol. The molecule has 2 amide bonds. The number of nitrogens with zero attached hydrogens (tertiary/aromatic N) is 4. The van der Waals surface area contributed by atoms with Crippen LogP contribution in [0.3, 0.4) is 0 Å². The molecule has 56 heavy (non-hydrogen) atoms. The normalized spacial score (nSPS) is 22.2. The van der Waals surface area contributed by atoms with E-state index in [9.17, 15) is 63.0 Å². The molecule has 0 aromatic carbocycles. The van der Waals surface area contributed by atoms with E-state index in [-0.39, 0.29) is 53.8 Å². The Morgan fingerprint density at radius 2 is 1.73 bits per heavy atom. The lowest BCUT2D eigenvalue weighted by Crippen LogP contribution is -2.46. The predicted octanol–water partition coefficient (Wildman–Crippen LogP) is -0.784. The van der Waals surface area contributed by atoms with Gasteiger partial charge in [-0.25, -0.2) is 28.6 Å². The highest BCUT2D eigenvalue weighted by Gasteiger charge is 2.50. The quantitative estimate of drug-likeness (QED) is 0.0483. The van der Waals surface area contributed by atoms with Crippen LogP contribution in [0.5, 0.6) is 0 Å². The number of hydrogen-bond donors (Lipinski definition) is 10. The van der Waals surface area contributed by atoms with Crippen molar-refractivity contribution in [1.82, 2.24) is 30.2 Å². The molecule has 1 aliphatic rings. The molecule has 8 unspecified atom stereocenters. The van der Waals surface area contributed by atoms with Crippen LogP contribution in [-0.2, 0) is 50.7 Å². The second-order valence-corrected chi connectivity index (χ2v) is 18.3. The van der Waals surface area contributed by atoms with Crippen LogP contribution in [0.2, 0.25) is 0 Å². The fraction of sp³-hybridized carbons (Fsp3) is 0.704. The van der Waals surface area contributed by atoms with Gasteiger partial charge in [-0.3, -0.25) is 32.5 Å². The Hall–Kier alpha value is -2.48. The van der Waals surface area contributed by atoms with Gasteiger partial charge in [-0.15, -0.1) is 0 Å². The number of carbonyl (C=O) groups excluding carboxylic acids is 3. The number of nitrogen functional groups attached to an aromatic ring is 1. The van der Waals surface area contributed by atoms with Gasteiger partial charge in [-0.05, 0) is 6.42 Å². The number of amides is 2. The summed E-state index contributed by atoms with van der Waals surface area (Å²) in [6.07, 6.45) is -6.45. The minimum absolute atomic E-state index is 0.00827. The van der Waals surface area contributed by atoms with Crippen LogP contribution in [0.4, 0.5) is 5.82 Å². The topological polar surface area (TPSA) is 384 Å². The molecule has 11 N–H and O–H groups in total. The second kappa shape index (κ2) is 20.5. The summed E-state index contributed by atoms with van der Waals surface area (Å²) in [5.74, 6) is -1.24. The average molecular weight is 882 g/mol. The molecule has 0 radical (unpaired) electrons. The number of anilines is 1. The standard InChI is InChI=1S/C27H46N7O18P3S/c1-4-5-15(35)10-18(37)56-9-8-29-17(36)6-7-30-25(40)22(39)27(2,3)12-49-55(46,47)52-54(44,45)48-11-16-21(51-53(41,42)43)20(38)26(50-16)34-14-33-19-23(28)31-13-32-24(19)34/h13-16,20-22,26,35,38-39H,4-12H2,1-3H3,(H,29,36)(H,30,40)(H,44,45)(H,46,47)(H2,28,31,32)(H2,41,42,43). The lowest BCUT2D eigenvalue weighted by molar-refractivity contribution is -0.137. The van der Waals surface area contributed by atoms with Crippen LogP contribution in [0, 0.1) is 5.41 Å². The van der Waals surface area contributed by atoms with Gasteiger partial charge in [0.15, 0.2) is 22.8 Å². The summed E-state index contributed by atoms with van der Waals surface area (Å²) in [5.41, 5.74) is 4.24. The summed E-state index contributed by atoms with van der Waals surface area (Å²) in [4.78, 5) is 87.3. The van der Waals surface area contributed by atoms with Crippen molar-refractivity contribution in [3.8, 4) is 0 Å². The molecule has 0 saturated carbocycles. The van der Waals surface area contributed by atoms with Gasteiger partial charge in [-0.2, -0.15) is 4.31 Å². The van der Waals surface area contributed by atoms with Crippen molar-refractivity contribution in [1.29, 1.82) is 0 Å². The highest BCUT2D eigenvalue weighted by atomic mass is 32.2. The van der Waals surface area contributed by atoms with Crippen LogP contribution in [0.25, 0.3) is 11.2 Å². The fourth-order valence-corrected chi connectivity index (χ4v) is 8.55. The number of aliphatic hydroxyl groups is 3. The summed E-state index contributed by atoms with van der Waals surface area (Å²) >= 11 is 0.964. The Labute approximate surface area is 323 Å². The van der Waals surface area contributed by atoms with E-state index < -0.39 is 90.7 Å². The molecular weight excluding hydrogens is 835 g/mol. The van der Waals surface area contributed by atoms with Gasteiger partial charge in [0.25, 0.3) is 0 Å². The first-order valence-corrected chi connectivity index (χ1v) is 22.2. The van der Waals surface area contributed by atoms with Gasteiger partial charge in [0.1, 0.15) is 36.3 Å². The Morgan fingerprint density at radius 1 is 1.05 bits per heavy atom. The molecule has 0 spiro atoms. The summed E-state index contributed by atoms with van der Waals surface area (Å²) < 4.78 is 62.0. The smallest absolute Gasteiger partial charge is 0.393 e. The number of nitrogens with two attached hydrogens (primary N) is 1. The molecule has 3 rings (SSSR count). The van der Waals surface area contributed by atoms with Crippen molar-refractivity contribution < 1.29 is 85.6 Å². The Morgan fingerprint density at radius 3 is 2.39 bits per heavy atom. The Balaban J connectivity index is 1.48. The first kappa shape index (κ1) is 47.9. The van der Waals surface area contributed by atoms with Crippen LogP contribution >= 0.6 is 35.2 Å². The second-order valence-electron chi connectivity index (χ2n) is 12.9. The fourth-order valence-electron chi connectivity index (χ4n) is 4.98. The van der Waals surface area contributed by atoms with Crippen LogP contribution in [0.1, 0.15) is 52.7 Å². The van der Waals surface area contributed by atoms with Gasteiger partial charge >= 0.3 is 23.5 Å². The number of phosphoric acid groups is 3. The molecule has 2 aromatic heterocycles. The number of aliphatic hydroxyl groups excluding tert-OH is 3. The van der Waals surface area contributed by atoms with Crippen molar-refractivity contribution in [2.24, 2.45) is 5.41 Å². The van der Waals surface area contributed by atoms with Crippen molar-refractivity contribution >= 4 is 69.1 Å². The highest BCUT2D eigenvalue weighted by molar-refractivity contribution is 8.13. The maximum absolute atomic E-state index is 12.7. The number of hydrogen-bond acceptors (Lipinski definition) is 19. The van der Waals surface area contributed by atoms with Gasteiger partial charge in [0, 0.05) is 37.1 Å². The molecule has 25 nitrogen and oxygen atoms in total. The number of fused-ring (bicyclic) bond motifs is 1. The molecular formula is C27H46N7O18P3S. The largest absolute Gasteiger partial charge is 0.481 e. The minimum Gasteiger partial charge on any atom is -0.393 e. The van der Waals surface area contributed by atoms with Crippen LogP contribution < -0.4 is 16.4 Å². The third-order valence-corrected chi connectivity index (χ3v) is 11.8. The van der Waals surface area contributed by atoms with Crippen molar-refractivity contribution in [2.45, 2.75) is 83.2 Å². The van der Waals surface area contributed by atoms with E-state index in [1.807, 2.05) is 6.92 Å². The number of aromatic nitrogens is 4. The number of nitrogens with one attached hydrogen (secondary N) is 2. The third kappa shape index (κ3) is 14.7. The molecule has 1 fully saturated rings. The van der Waals surface area contributed by atoms with E-state index in [0.29, 0.717) is 6.42 Å². The summed E-state index contributed by atoms with van der Waals surface area (Å²) in [7, 11) is -16.4. The van der Waals surface area contributed by atoms with Gasteiger partial charge in [-0.1, -0.05) is 39.0 Å². The number of phosphoric ester groups is 3. The van der Waals surface area contributed by atoms with Crippen LogP contribution in [-0.4, -0.2) is 134 Å². The van der Waals surface area contributed by atoms with Gasteiger partial charge in [0.2, 0.25) is 11.8 Å². The molecule has 0 aliphatic carbocycles. The lowest BCUT2D eigenvalue weighted by atomic mass is 9.87. The van der Waals surface area contributed by atoms with Crippen molar-refractivity contribution in [3.63, 3.8) is 0 Å². The van der Waals surface area contributed by atoms with E-state index in [1.165, 1.54) is 13.8 Å². The Kier molecular flexibility index (Phi) is 17.5. The van der Waals surface area contributed by atoms with Gasteiger partial charge < -0.3 is 56.0 Å². The summed E-state index contributed by atoms with van der Waals surface area (Å²) in [5, 5.41) is 35.8. The van der Waals surface area contributed by atoms with Gasteiger partial charge in [0.05, 0.1) is 25.6 Å². The number of rotatable bonds is 23. The maximum atomic E-state index is 12.7. The number of imidazole rings is 1. The molecule has 1 aliphatic heterocycles. The summed E-state index contributed by atoms with van der Waals surface area (Å²) in [6, 6.07) is 0. The van der Waals surface area contributed by atoms with E-state index >= 15 is 0 Å². The molecule has 8 atom stereocenters. The van der Waals surface area contributed by atoms with Crippen LogP contribution in [0.15, 0.2) is 12.7 Å². The zero-order valence-corrected chi connectivity index (χ0v) is 33.7. The SMILES string of the molecule is CCCC(O)CC(=O)SCCNC(=O)CCNC(=O)C(O)C(C)(C)COP(=O)(O)OP(=O)(O)OCC1OC(n2cnc3c(N)ncnc32)C(O)C1OP(=O)(O)O. The molecule has 0 bridgehead atoms. The minimum atomic E-state index is -5.58. The first-order chi connectivity index (χ1) is 25.9. The lowest BCUT2D eigenvalue weighted by Gasteiger charge is -2.30. The molecule has 2 aromatic rings. The predicted molar refractivity (Wildman–Crippen MR) is 193 cm³/mol. The zero-order chi connectivity index (χ0) is 42.1. The molecule has 318 valence electrons. The first-order valence-electron chi connectivity index (χ1n) is 16.7. The van der Waals surface area contributed by atoms with Crippen molar-refractivity contribution in [2.75, 3.05) is 37.8 Å². The molecule has 1 saturated heterocycles. The Bertz CT molecular complexity index is 1820. The average Bonchev–Trinajstić information content (AvgIpc) is 3.64. The van der Waals surface area contributed by atoms with E-state index in [1.54, 1.807) is 0 Å². The molecule has 3 heterocycles. The number of ether oxygens (including phenoxy) is 1. The van der Waals surface area contributed by atoms with E-state index in [4.69, 9.17) is 19.5 Å². The van der Waals surface area contributed by atoms with E-state index in [2.05, 4.69) is 34.4 Å².